The zero-order valence-corrected chi connectivity index (χ0v) is 10.3. The molecular formula is C11H10N6O2. The molecule has 3 rings (SSSR count). The number of hydrogen-bond acceptors (Lipinski definition) is 7. The van der Waals surface area contributed by atoms with Crippen molar-refractivity contribution in [1.82, 2.24) is 30.2 Å². The highest BCUT2D eigenvalue weighted by Crippen LogP contribution is 2.31. The van der Waals surface area contributed by atoms with Gasteiger partial charge in [-0.15, -0.1) is 0 Å². The van der Waals surface area contributed by atoms with E-state index in [0.29, 0.717) is 23.0 Å². The van der Waals surface area contributed by atoms with E-state index < -0.39 is 0 Å². The first-order valence-corrected chi connectivity index (χ1v) is 5.45. The van der Waals surface area contributed by atoms with Crippen LogP contribution in [0.5, 0.6) is 11.5 Å². The van der Waals surface area contributed by atoms with E-state index in [-0.39, 0.29) is 0 Å². The normalized spacial score (nSPS) is 10.6. The van der Waals surface area contributed by atoms with Crippen LogP contribution in [0.1, 0.15) is 0 Å². The monoisotopic (exact) mass is 258 g/mol. The zero-order chi connectivity index (χ0) is 13.2. The molecule has 0 N–H and O–H groups in total. The Bertz CT molecular complexity index is 726. The van der Waals surface area contributed by atoms with Crippen LogP contribution in [0.15, 0.2) is 24.4 Å². The first kappa shape index (κ1) is 11.3. The minimum absolute atomic E-state index is 0.322. The predicted octanol–water partition coefficient (Wildman–Crippen LogP) is 0.598. The van der Waals surface area contributed by atoms with Crippen LogP contribution in [0.4, 0.5) is 0 Å². The van der Waals surface area contributed by atoms with Gasteiger partial charge < -0.3 is 9.47 Å². The Morgan fingerprint density at radius 3 is 2.84 bits per heavy atom. The van der Waals surface area contributed by atoms with Gasteiger partial charge in [0.1, 0.15) is 11.5 Å². The largest absolute Gasteiger partial charge is 0.497 e. The van der Waals surface area contributed by atoms with Crippen LogP contribution in [0.2, 0.25) is 0 Å². The fourth-order valence-corrected chi connectivity index (χ4v) is 1.71. The third-order valence-electron chi connectivity index (χ3n) is 2.63. The number of fused-ring (bicyclic) bond motifs is 1. The van der Waals surface area contributed by atoms with E-state index >= 15 is 0 Å². The molecule has 0 atom stereocenters. The van der Waals surface area contributed by atoms with E-state index in [0.717, 1.165) is 5.56 Å². The second-order valence-corrected chi connectivity index (χ2v) is 3.68. The van der Waals surface area contributed by atoms with Crippen molar-refractivity contribution in [3.8, 4) is 22.8 Å². The molecule has 0 saturated carbocycles. The molecule has 0 aliphatic rings. The fourth-order valence-electron chi connectivity index (χ4n) is 1.71. The molecule has 8 heteroatoms. The molecule has 0 aliphatic heterocycles. The Hall–Kier alpha value is -2.77. The van der Waals surface area contributed by atoms with Crippen molar-refractivity contribution in [3.63, 3.8) is 0 Å². The quantitative estimate of drug-likeness (QED) is 0.679. The van der Waals surface area contributed by atoms with Gasteiger partial charge in [0.15, 0.2) is 0 Å². The number of methoxy groups -OCH3 is 2. The molecule has 19 heavy (non-hydrogen) atoms. The predicted molar refractivity (Wildman–Crippen MR) is 64.9 cm³/mol. The summed E-state index contributed by atoms with van der Waals surface area (Å²) in [5.74, 6) is 1.70. The molecule has 0 aliphatic carbocycles. The van der Waals surface area contributed by atoms with Gasteiger partial charge in [-0.1, -0.05) is 9.73 Å². The number of ether oxygens (including phenoxy) is 2. The lowest BCUT2D eigenvalue weighted by molar-refractivity contribution is 0.404. The van der Waals surface area contributed by atoms with E-state index in [2.05, 4.69) is 25.6 Å². The number of aromatic nitrogens is 6. The molecular weight excluding hydrogens is 248 g/mol. The average Bonchev–Trinajstić information content (AvgIpc) is 2.93. The van der Waals surface area contributed by atoms with E-state index in [1.165, 1.54) is 4.63 Å². The lowest BCUT2D eigenvalue weighted by atomic mass is 10.1. The number of nitrogens with zero attached hydrogens (tertiary/aromatic N) is 6. The Morgan fingerprint density at radius 1 is 1.16 bits per heavy atom. The molecule has 8 nitrogen and oxygen atoms in total. The number of hydrogen-bond donors (Lipinski definition) is 0. The van der Waals surface area contributed by atoms with Crippen molar-refractivity contribution in [2.45, 2.75) is 0 Å². The maximum atomic E-state index is 5.31. The molecule has 0 amide bonds. The lowest BCUT2D eigenvalue weighted by Gasteiger charge is -2.09. The summed E-state index contributed by atoms with van der Waals surface area (Å²) in [6.45, 7) is 0. The summed E-state index contributed by atoms with van der Waals surface area (Å²) >= 11 is 0. The van der Waals surface area contributed by atoms with Crippen molar-refractivity contribution in [2.75, 3.05) is 14.2 Å². The van der Waals surface area contributed by atoms with Gasteiger partial charge >= 0.3 is 0 Å². The minimum Gasteiger partial charge on any atom is -0.497 e. The summed E-state index contributed by atoms with van der Waals surface area (Å²) in [4.78, 5) is 4.32. The molecule has 0 spiro atoms. The maximum Gasteiger partial charge on any atom is 0.291 e. The van der Waals surface area contributed by atoms with Gasteiger partial charge in [0.2, 0.25) is 0 Å². The molecule has 2 aromatic heterocycles. The van der Waals surface area contributed by atoms with Crippen LogP contribution in [0.3, 0.4) is 0 Å². The maximum absolute atomic E-state index is 5.31. The van der Waals surface area contributed by atoms with Crippen LogP contribution >= 0.6 is 0 Å². The summed E-state index contributed by atoms with van der Waals surface area (Å²) in [7, 11) is 3.19. The Labute approximate surface area is 108 Å². The van der Waals surface area contributed by atoms with Crippen LogP contribution in [0.25, 0.3) is 17.0 Å². The number of benzene rings is 1. The van der Waals surface area contributed by atoms with E-state index in [1.54, 1.807) is 20.4 Å². The highest BCUT2D eigenvalue weighted by molar-refractivity contribution is 5.69. The van der Waals surface area contributed by atoms with Crippen LogP contribution < -0.4 is 9.47 Å². The molecule has 0 fully saturated rings. The second kappa shape index (κ2) is 4.48. The van der Waals surface area contributed by atoms with E-state index in [9.17, 15) is 0 Å². The number of rotatable bonds is 3. The molecule has 0 bridgehead atoms. The lowest BCUT2D eigenvalue weighted by Crippen LogP contribution is -1.99. The first-order valence-electron chi connectivity index (χ1n) is 5.45. The van der Waals surface area contributed by atoms with E-state index in [1.807, 2.05) is 18.2 Å². The van der Waals surface area contributed by atoms with Gasteiger partial charge in [-0.3, -0.25) is 0 Å². The number of tetrazole rings is 1. The SMILES string of the molecule is COc1ccc(OC)c(-c2cnn3nnnc3n2)c1. The summed E-state index contributed by atoms with van der Waals surface area (Å²) in [5, 5.41) is 15.0. The Morgan fingerprint density at radius 2 is 2.05 bits per heavy atom. The van der Waals surface area contributed by atoms with Gasteiger partial charge in [0.25, 0.3) is 5.78 Å². The standard InChI is InChI=1S/C11H10N6O2/c1-18-7-3-4-10(19-2)8(5-7)9-6-12-17-11(13-9)14-15-16-17/h3-6H,1-2H3. The molecule has 96 valence electrons. The van der Waals surface area contributed by atoms with Crippen LogP contribution in [-0.4, -0.2) is 44.5 Å². The smallest absolute Gasteiger partial charge is 0.291 e. The van der Waals surface area contributed by atoms with Crippen LogP contribution in [0, 0.1) is 0 Å². The van der Waals surface area contributed by atoms with Crippen molar-refractivity contribution in [2.24, 2.45) is 0 Å². The average molecular weight is 258 g/mol. The Balaban J connectivity index is 2.18. The third-order valence-corrected chi connectivity index (χ3v) is 2.63. The zero-order valence-electron chi connectivity index (χ0n) is 10.3. The molecule has 0 saturated heterocycles. The Kier molecular flexibility index (Phi) is 2.67. The summed E-state index contributed by atoms with van der Waals surface area (Å²) in [6.07, 6.45) is 1.57. The van der Waals surface area contributed by atoms with Crippen molar-refractivity contribution in [1.29, 1.82) is 0 Å². The third kappa shape index (κ3) is 1.92. The van der Waals surface area contributed by atoms with Gasteiger partial charge in [0, 0.05) is 5.56 Å². The minimum atomic E-state index is 0.322. The van der Waals surface area contributed by atoms with Gasteiger partial charge in [-0.2, -0.15) is 5.10 Å². The summed E-state index contributed by atoms with van der Waals surface area (Å²) in [5.41, 5.74) is 1.37. The molecule has 0 radical (unpaired) electrons. The summed E-state index contributed by atoms with van der Waals surface area (Å²) in [6, 6.07) is 5.44. The van der Waals surface area contributed by atoms with Crippen molar-refractivity contribution >= 4 is 5.78 Å². The van der Waals surface area contributed by atoms with Gasteiger partial charge in [-0.25, -0.2) is 4.98 Å². The second-order valence-electron chi connectivity index (χ2n) is 3.68. The molecule has 1 aromatic carbocycles. The fraction of sp³-hybridized carbons (Fsp3) is 0.182. The molecule has 0 unspecified atom stereocenters. The molecule has 2 heterocycles. The first-order chi connectivity index (χ1) is 9.31. The molecule has 3 aromatic rings. The highest BCUT2D eigenvalue weighted by atomic mass is 16.5. The van der Waals surface area contributed by atoms with E-state index in [4.69, 9.17) is 9.47 Å². The van der Waals surface area contributed by atoms with Gasteiger partial charge in [0.05, 0.1) is 26.1 Å². The highest BCUT2D eigenvalue weighted by Gasteiger charge is 2.11. The van der Waals surface area contributed by atoms with Crippen LogP contribution in [-0.2, 0) is 0 Å². The topological polar surface area (TPSA) is 87.3 Å². The summed E-state index contributed by atoms with van der Waals surface area (Å²) < 4.78 is 11.8. The van der Waals surface area contributed by atoms with Crippen molar-refractivity contribution in [3.05, 3.63) is 24.4 Å². The van der Waals surface area contributed by atoms with Crippen molar-refractivity contribution < 1.29 is 9.47 Å². The van der Waals surface area contributed by atoms with Gasteiger partial charge in [-0.05, 0) is 28.6 Å².